The Labute approximate surface area is 127 Å². The predicted molar refractivity (Wildman–Crippen MR) is 78.6 cm³/mol. The standard InChI is InChI=1S/C13H17ClN6O/c1-2-10-9(3-6-21-10)7-16-12-17-11(14)18-13(19-12)20-5-4-15-8-20/h4-5,8-10H,2-3,6-7H2,1H3,(H,16,17,18,19). The van der Waals surface area contributed by atoms with E-state index in [1.807, 2.05) is 0 Å². The van der Waals surface area contributed by atoms with Gasteiger partial charge in [0.2, 0.25) is 17.2 Å². The van der Waals surface area contributed by atoms with Gasteiger partial charge in [-0.1, -0.05) is 6.92 Å². The number of hydrogen-bond donors (Lipinski definition) is 1. The average molecular weight is 309 g/mol. The summed E-state index contributed by atoms with van der Waals surface area (Å²) in [5, 5.41) is 3.39. The summed E-state index contributed by atoms with van der Waals surface area (Å²) in [6, 6.07) is 0. The fourth-order valence-electron chi connectivity index (χ4n) is 2.51. The number of halogens is 1. The smallest absolute Gasteiger partial charge is 0.241 e. The van der Waals surface area contributed by atoms with Crippen LogP contribution in [0.1, 0.15) is 19.8 Å². The van der Waals surface area contributed by atoms with Crippen molar-refractivity contribution >= 4 is 17.5 Å². The molecule has 0 spiro atoms. The Morgan fingerprint density at radius 1 is 1.43 bits per heavy atom. The highest BCUT2D eigenvalue weighted by molar-refractivity contribution is 6.28. The summed E-state index contributed by atoms with van der Waals surface area (Å²) in [4.78, 5) is 16.5. The number of aromatic nitrogens is 5. The molecule has 7 nitrogen and oxygen atoms in total. The Morgan fingerprint density at radius 2 is 2.33 bits per heavy atom. The molecule has 0 aliphatic carbocycles. The predicted octanol–water partition coefficient (Wildman–Crippen LogP) is 1.94. The van der Waals surface area contributed by atoms with Crippen LogP contribution in [0.2, 0.25) is 5.28 Å². The van der Waals surface area contributed by atoms with Gasteiger partial charge in [0.1, 0.15) is 6.33 Å². The van der Waals surface area contributed by atoms with Gasteiger partial charge in [-0.3, -0.25) is 4.57 Å². The minimum Gasteiger partial charge on any atom is -0.378 e. The maximum Gasteiger partial charge on any atom is 0.241 e. The van der Waals surface area contributed by atoms with Gasteiger partial charge in [-0.2, -0.15) is 15.0 Å². The number of ether oxygens (including phenoxy) is 1. The van der Waals surface area contributed by atoms with Crippen molar-refractivity contribution in [1.82, 2.24) is 24.5 Å². The lowest BCUT2D eigenvalue weighted by molar-refractivity contribution is 0.0900. The minimum absolute atomic E-state index is 0.158. The summed E-state index contributed by atoms with van der Waals surface area (Å²) in [7, 11) is 0. The summed E-state index contributed by atoms with van der Waals surface area (Å²) in [6.07, 6.45) is 7.42. The van der Waals surface area contributed by atoms with E-state index in [4.69, 9.17) is 16.3 Å². The minimum atomic E-state index is 0.158. The Morgan fingerprint density at radius 3 is 3.10 bits per heavy atom. The second-order valence-corrected chi connectivity index (χ2v) is 5.28. The van der Waals surface area contributed by atoms with Crippen molar-refractivity contribution in [3.63, 3.8) is 0 Å². The molecular formula is C13H17ClN6O. The van der Waals surface area contributed by atoms with Crippen LogP contribution in [-0.2, 0) is 4.74 Å². The molecule has 1 N–H and O–H groups in total. The van der Waals surface area contributed by atoms with Gasteiger partial charge in [0.25, 0.3) is 0 Å². The summed E-state index contributed by atoms with van der Waals surface area (Å²) in [5.74, 6) is 1.40. The van der Waals surface area contributed by atoms with E-state index < -0.39 is 0 Å². The van der Waals surface area contributed by atoms with Crippen LogP contribution in [0.4, 0.5) is 5.95 Å². The van der Waals surface area contributed by atoms with Crippen LogP contribution in [0.5, 0.6) is 0 Å². The third kappa shape index (κ3) is 3.30. The zero-order chi connectivity index (χ0) is 14.7. The third-order valence-corrected chi connectivity index (χ3v) is 3.77. The zero-order valence-corrected chi connectivity index (χ0v) is 12.5. The van der Waals surface area contributed by atoms with Gasteiger partial charge in [0.15, 0.2) is 0 Å². The number of nitrogens with one attached hydrogen (secondary N) is 1. The van der Waals surface area contributed by atoms with Crippen LogP contribution in [0.3, 0.4) is 0 Å². The van der Waals surface area contributed by atoms with Crippen molar-refractivity contribution in [1.29, 1.82) is 0 Å². The number of nitrogens with zero attached hydrogens (tertiary/aromatic N) is 5. The Kier molecular flexibility index (Phi) is 4.31. The summed E-state index contributed by atoms with van der Waals surface area (Å²) in [5.41, 5.74) is 0. The molecule has 0 bridgehead atoms. The summed E-state index contributed by atoms with van der Waals surface area (Å²) >= 11 is 5.96. The lowest BCUT2D eigenvalue weighted by Gasteiger charge is -2.17. The SMILES string of the molecule is CCC1OCCC1CNc1nc(Cl)nc(-n2ccnc2)n1. The normalized spacial score (nSPS) is 21.6. The van der Waals surface area contributed by atoms with Crippen molar-refractivity contribution in [2.24, 2.45) is 5.92 Å². The van der Waals surface area contributed by atoms with Crippen LogP contribution in [0, 0.1) is 5.92 Å². The Balaban J connectivity index is 1.71. The highest BCUT2D eigenvalue weighted by Crippen LogP contribution is 2.23. The van der Waals surface area contributed by atoms with Crippen molar-refractivity contribution in [3.05, 3.63) is 24.0 Å². The zero-order valence-electron chi connectivity index (χ0n) is 11.7. The largest absolute Gasteiger partial charge is 0.378 e. The molecule has 1 aliphatic heterocycles. The maximum absolute atomic E-state index is 5.96. The van der Waals surface area contributed by atoms with E-state index in [2.05, 4.69) is 32.2 Å². The van der Waals surface area contributed by atoms with E-state index >= 15 is 0 Å². The van der Waals surface area contributed by atoms with Gasteiger partial charge in [-0.05, 0) is 24.4 Å². The summed E-state index contributed by atoms with van der Waals surface area (Å²) < 4.78 is 7.36. The molecule has 1 saturated heterocycles. The molecule has 0 saturated carbocycles. The first-order valence-electron chi connectivity index (χ1n) is 7.01. The molecule has 3 rings (SSSR count). The first kappa shape index (κ1) is 14.2. The topological polar surface area (TPSA) is 77.8 Å². The molecule has 0 aromatic carbocycles. The first-order chi connectivity index (χ1) is 10.3. The summed E-state index contributed by atoms with van der Waals surface area (Å²) in [6.45, 7) is 3.73. The average Bonchev–Trinajstić information content (AvgIpc) is 3.15. The van der Waals surface area contributed by atoms with Gasteiger partial charge in [0, 0.05) is 31.5 Å². The monoisotopic (exact) mass is 308 g/mol. The first-order valence-corrected chi connectivity index (χ1v) is 7.39. The molecule has 1 fully saturated rings. The molecule has 0 radical (unpaired) electrons. The molecular weight excluding hydrogens is 292 g/mol. The fraction of sp³-hybridized carbons (Fsp3) is 0.538. The van der Waals surface area contributed by atoms with E-state index in [9.17, 15) is 0 Å². The maximum atomic E-state index is 5.96. The fourth-order valence-corrected chi connectivity index (χ4v) is 2.67. The molecule has 8 heteroatoms. The highest BCUT2D eigenvalue weighted by Gasteiger charge is 2.26. The molecule has 2 aromatic heterocycles. The highest BCUT2D eigenvalue weighted by atomic mass is 35.5. The number of anilines is 1. The molecule has 2 atom stereocenters. The third-order valence-electron chi connectivity index (χ3n) is 3.60. The van der Waals surface area contributed by atoms with Crippen LogP contribution < -0.4 is 5.32 Å². The van der Waals surface area contributed by atoms with E-state index in [1.165, 1.54) is 0 Å². The molecule has 1 aliphatic rings. The van der Waals surface area contributed by atoms with E-state index in [0.717, 1.165) is 26.0 Å². The molecule has 3 heterocycles. The Hall–Kier alpha value is -1.73. The van der Waals surface area contributed by atoms with Crippen LogP contribution in [-0.4, -0.2) is 43.8 Å². The molecule has 112 valence electrons. The molecule has 2 unspecified atom stereocenters. The van der Waals surface area contributed by atoms with Crippen molar-refractivity contribution in [2.75, 3.05) is 18.5 Å². The van der Waals surface area contributed by atoms with Gasteiger partial charge in [-0.15, -0.1) is 0 Å². The van der Waals surface area contributed by atoms with Crippen molar-refractivity contribution in [3.8, 4) is 5.95 Å². The molecule has 0 amide bonds. The van der Waals surface area contributed by atoms with E-state index in [0.29, 0.717) is 23.9 Å². The van der Waals surface area contributed by atoms with Gasteiger partial charge < -0.3 is 10.1 Å². The Bertz CT molecular complexity index is 590. The van der Waals surface area contributed by atoms with Crippen LogP contribution in [0.25, 0.3) is 5.95 Å². The number of rotatable bonds is 5. The molecule has 21 heavy (non-hydrogen) atoms. The lowest BCUT2D eigenvalue weighted by atomic mass is 10.00. The van der Waals surface area contributed by atoms with Crippen LogP contribution in [0.15, 0.2) is 18.7 Å². The van der Waals surface area contributed by atoms with Crippen LogP contribution >= 0.6 is 11.6 Å². The van der Waals surface area contributed by atoms with E-state index in [1.54, 1.807) is 23.3 Å². The lowest BCUT2D eigenvalue weighted by Crippen LogP contribution is -2.23. The van der Waals surface area contributed by atoms with E-state index in [-0.39, 0.29) is 5.28 Å². The number of imidazole rings is 1. The molecule has 2 aromatic rings. The van der Waals surface area contributed by atoms with Gasteiger partial charge >= 0.3 is 0 Å². The number of hydrogen-bond acceptors (Lipinski definition) is 6. The second-order valence-electron chi connectivity index (χ2n) is 4.95. The quantitative estimate of drug-likeness (QED) is 0.909. The van der Waals surface area contributed by atoms with Crippen molar-refractivity contribution in [2.45, 2.75) is 25.9 Å². The van der Waals surface area contributed by atoms with Crippen molar-refractivity contribution < 1.29 is 4.74 Å². The second kappa shape index (κ2) is 6.36. The van der Waals surface area contributed by atoms with Gasteiger partial charge in [-0.25, -0.2) is 4.98 Å². The van der Waals surface area contributed by atoms with Gasteiger partial charge in [0.05, 0.1) is 6.10 Å².